The average Bonchev–Trinajstić information content (AvgIpc) is 3.24. The van der Waals surface area contributed by atoms with Gasteiger partial charge in [-0.15, -0.1) is 0 Å². The van der Waals surface area contributed by atoms with Gasteiger partial charge >= 0.3 is 24.3 Å². The van der Waals surface area contributed by atoms with Crippen molar-refractivity contribution in [2.75, 3.05) is 19.7 Å². The van der Waals surface area contributed by atoms with Gasteiger partial charge in [-0.1, -0.05) is 6.07 Å². The van der Waals surface area contributed by atoms with Crippen LogP contribution in [0.3, 0.4) is 0 Å². The molecule has 16 heteroatoms. The first-order chi connectivity index (χ1) is 18.5. The number of piperidine rings is 1. The summed E-state index contributed by atoms with van der Waals surface area (Å²) in [5.74, 6) is -4.92. The number of halogens is 6. The Hall–Kier alpha value is -3.95. The fraction of sp³-hybridized carbons (Fsp3) is 0.458. The topological polar surface area (TPSA) is 139 Å². The maximum atomic E-state index is 12.8. The molecule has 2 aliphatic heterocycles. The van der Waals surface area contributed by atoms with E-state index in [9.17, 15) is 31.1 Å². The molecule has 0 radical (unpaired) electrons. The zero-order valence-corrected chi connectivity index (χ0v) is 20.9. The summed E-state index contributed by atoms with van der Waals surface area (Å²) >= 11 is 0. The van der Waals surface area contributed by atoms with Crippen LogP contribution in [0.5, 0.6) is 5.88 Å². The van der Waals surface area contributed by atoms with Gasteiger partial charge < -0.3 is 24.6 Å². The molecule has 2 N–H and O–H groups in total. The Kier molecular flexibility index (Phi) is 10.8. The fourth-order valence-electron chi connectivity index (χ4n) is 3.84. The van der Waals surface area contributed by atoms with E-state index in [2.05, 4.69) is 9.97 Å². The predicted molar refractivity (Wildman–Crippen MR) is 123 cm³/mol. The number of pyridine rings is 2. The molecule has 0 bridgehead atoms. The lowest BCUT2D eigenvalue weighted by atomic mass is 9.89. The van der Waals surface area contributed by atoms with Crippen LogP contribution in [0.4, 0.5) is 26.3 Å². The normalized spacial score (nSPS) is 20.5. The van der Waals surface area contributed by atoms with Crippen molar-refractivity contribution in [3.8, 4) is 5.88 Å². The van der Waals surface area contributed by atoms with Crippen molar-refractivity contribution in [3.05, 3.63) is 54.0 Å². The molecule has 4 heterocycles. The summed E-state index contributed by atoms with van der Waals surface area (Å²) < 4.78 is 75.6. The number of hydrogen-bond acceptors (Lipinski definition) is 7. The van der Waals surface area contributed by atoms with Crippen molar-refractivity contribution in [1.29, 1.82) is 0 Å². The van der Waals surface area contributed by atoms with Gasteiger partial charge in [0.15, 0.2) is 0 Å². The number of likely N-dealkylation sites (tertiary alicyclic amines) is 1. The molecule has 1 amide bonds. The highest BCUT2D eigenvalue weighted by atomic mass is 19.4. The summed E-state index contributed by atoms with van der Waals surface area (Å²) in [5.41, 5.74) is 1.22. The van der Waals surface area contributed by atoms with E-state index >= 15 is 0 Å². The Balaban J connectivity index is 0.000000333. The summed E-state index contributed by atoms with van der Waals surface area (Å²) in [7, 11) is 0. The maximum Gasteiger partial charge on any atom is 0.490 e. The van der Waals surface area contributed by atoms with E-state index in [0.29, 0.717) is 24.7 Å². The van der Waals surface area contributed by atoms with E-state index in [1.807, 2.05) is 42.2 Å². The van der Waals surface area contributed by atoms with Crippen LogP contribution in [-0.4, -0.2) is 86.7 Å². The predicted octanol–water partition coefficient (Wildman–Crippen LogP) is 3.89. The minimum Gasteiger partial charge on any atom is -0.475 e. The maximum absolute atomic E-state index is 12.8. The summed E-state index contributed by atoms with van der Waals surface area (Å²) in [5, 5.41) is 14.2. The van der Waals surface area contributed by atoms with Crippen LogP contribution in [-0.2, 0) is 14.3 Å². The lowest BCUT2D eigenvalue weighted by Gasteiger charge is -2.39. The summed E-state index contributed by atoms with van der Waals surface area (Å²) in [4.78, 5) is 40.9. The molecule has 0 aromatic carbocycles. The van der Waals surface area contributed by atoms with E-state index in [0.717, 1.165) is 31.4 Å². The van der Waals surface area contributed by atoms with Crippen LogP contribution >= 0.6 is 0 Å². The van der Waals surface area contributed by atoms with Gasteiger partial charge in [0, 0.05) is 31.4 Å². The second kappa shape index (κ2) is 13.4. The van der Waals surface area contributed by atoms with E-state index in [1.54, 1.807) is 12.4 Å². The van der Waals surface area contributed by atoms with Gasteiger partial charge in [0.1, 0.15) is 11.8 Å². The number of carbonyl (C=O) groups excluding carboxylic acids is 1. The Morgan fingerprint density at radius 3 is 2.17 bits per heavy atom. The number of carbonyl (C=O) groups is 3. The van der Waals surface area contributed by atoms with Crippen molar-refractivity contribution in [2.45, 2.75) is 50.2 Å². The standard InChI is InChI=1S/C20H23N3O3.2C2HF3O2/c1-15-6-9-21-17(11-15)19(24)23-10-4-7-20(14-23)12-16(13-25-20)26-18-5-2-3-8-22-18;2*3-2(4,5)1(6)7/h2-3,5-6,8-9,11,16H,4,7,10,12-14H2,1H3;2*(H,6,7)/t16-,20-;;/m0../s1. The Morgan fingerprint density at radius 2 is 1.65 bits per heavy atom. The van der Waals surface area contributed by atoms with Gasteiger partial charge in [-0.2, -0.15) is 26.3 Å². The highest BCUT2D eigenvalue weighted by Crippen LogP contribution is 2.36. The molecule has 2 aromatic rings. The van der Waals surface area contributed by atoms with Gasteiger partial charge in [-0.05, 0) is 43.5 Å². The van der Waals surface area contributed by atoms with Crippen molar-refractivity contribution < 1.29 is 60.4 Å². The highest BCUT2D eigenvalue weighted by Gasteiger charge is 2.45. The molecule has 4 rings (SSSR count). The van der Waals surface area contributed by atoms with E-state index in [1.165, 1.54) is 0 Å². The first-order valence-electron chi connectivity index (χ1n) is 11.6. The zero-order valence-electron chi connectivity index (χ0n) is 20.9. The summed E-state index contributed by atoms with van der Waals surface area (Å²) in [6, 6.07) is 9.36. The lowest BCUT2D eigenvalue weighted by Crippen LogP contribution is -2.50. The first kappa shape index (κ1) is 32.3. The largest absolute Gasteiger partial charge is 0.490 e. The molecule has 0 unspecified atom stereocenters. The van der Waals surface area contributed by atoms with Crippen LogP contribution in [0, 0.1) is 6.92 Å². The molecule has 0 saturated carbocycles. The molecule has 2 fully saturated rings. The molecule has 220 valence electrons. The Labute approximate surface area is 223 Å². The van der Waals surface area contributed by atoms with Gasteiger partial charge in [0.2, 0.25) is 5.88 Å². The quantitative estimate of drug-likeness (QED) is 0.517. The van der Waals surface area contributed by atoms with Gasteiger partial charge in [-0.3, -0.25) is 9.78 Å². The molecule has 10 nitrogen and oxygen atoms in total. The minimum absolute atomic E-state index is 0.0227. The van der Waals surface area contributed by atoms with Crippen molar-refractivity contribution in [3.63, 3.8) is 0 Å². The second-order valence-corrected chi connectivity index (χ2v) is 8.76. The smallest absolute Gasteiger partial charge is 0.475 e. The lowest BCUT2D eigenvalue weighted by molar-refractivity contribution is -0.193. The Morgan fingerprint density at radius 1 is 1.02 bits per heavy atom. The molecule has 1 spiro atoms. The van der Waals surface area contributed by atoms with Crippen LogP contribution in [0.2, 0.25) is 0 Å². The average molecular weight is 581 g/mol. The number of carboxylic acids is 2. The van der Waals surface area contributed by atoms with Crippen LogP contribution < -0.4 is 4.74 Å². The minimum atomic E-state index is -5.08. The number of aryl methyl sites for hydroxylation is 1. The third-order valence-corrected chi connectivity index (χ3v) is 5.55. The number of alkyl halides is 6. The third-order valence-electron chi connectivity index (χ3n) is 5.55. The Bertz CT molecular complexity index is 1140. The highest BCUT2D eigenvalue weighted by molar-refractivity contribution is 5.92. The van der Waals surface area contributed by atoms with Gasteiger partial charge in [-0.25, -0.2) is 14.6 Å². The SMILES string of the molecule is Cc1ccnc(C(=O)N2CCC[C@]3(C[C@H](Oc4ccccn4)CO3)C2)c1.O=C(O)C(F)(F)F.O=C(O)C(F)(F)F. The van der Waals surface area contributed by atoms with Crippen LogP contribution in [0.15, 0.2) is 42.7 Å². The molecule has 2 atom stereocenters. The summed E-state index contributed by atoms with van der Waals surface area (Å²) in [6.45, 7) is 3.83. The number of hydrogen-bond donors (Lipinski definition) is 2. The van der Waals surface area contributed by atoms with Gasteiger partial charge in [0.25, 0.3) is 5.91 Å². The number of aromatic nitrogens is 2. The number of amides is 1. The van der Waals surface area contributed by atoms with E-state index < -0.39 is 24.3 Å². The van der Waals surface area contributed by atoms with Crippen molar-refractivity contribution in [2.24, 2.45) is 0 Å². The van der Waals surface area contributed by atoms with Crippen molar-refractivity contribution >= 4 is 17.8 Å². The second-order valence-electron chi connectivity index (χ2n) is 8.76. The molecular formula is C24H25F6N3O7. The number of ether oxygens (including phenoxy) is 2. The fourth-order valence-corrected chi connectivity index (χ4v) is 3.84. The number of aliphatic carboxylic acids is 2. The molecule has 2 aromatic heterocycles. The molecule has 2 aliphatic rings. The monoisotopic (exact) mass is 581 g/mol. The van der Waals surface area contributed by atoms with E-state index in [-0.39, 0.29) is 17.6 Å². The van der Waals surface area contributed by atoms with Gasteiger partial charge in [0.05, 0.1) is 18.8 Å². The molecule has 2 saturated heterocycles. The number of rotatable bonds is 3. The molecule has 0 aliphatic carbocycles. The molecule has 40 heavy (non-hydrogen) atoms. The zero-order chi connectivity index (χ0) is 30.1. The number of carboxylic acid groups (broad SMARTS) is 2. The third kappa shape index (κ3) is 9.98. The van der Waals surface area contributed by atoms with Crippen LogP contribution in [0.25, 0.3) is 0 Å². The number of nitrogens with zero attached hydrogens (tertiary/aromatic N) is 3. The van der Waals surface area contributed by atoms with Crippen LogP contribution in [0.1, 0.15) is 35.3 Å². The van der Waals surface area contributed by atoms with E-state index in [4.69, 9.17) is 29.3 Å². The summed E-state index contributed by atoms with van der Waals surface area (Å²) in [6.07, 6.45) is -4.15. The molecular weight excluding hydrogens is 556 g/mol. The van der Waals surface area contributed by atoms with Crippen molar-refractivity contribution in [1.82, 2.24) is 14.9 Å². The first-order valence-corrected chi connectivity index (χ1v) is 11.6.